The Bertz CT molecular complexity index is 3020. The van der Waals surface area contributed by atoms with Gasteiger partial charge in [-0.05, 0) is 80.1 Å². The van der Waals surface area contributed by atoms with E-state index in [1.54, 1.807) is 6.20 Å². The standard InChI is InChI=1S/C42H35N6.C15H16N.Ir/c1-24(2)25-13-14-36-30(16-25)38(27(20-43)21-44)31-17-29(42(6,7)8)18-32-39(35(22-45)46-9)33-23-47-34(19-37(33)48(36)40(31)32)26-11-10-12-28(15-26)41(3,4)5;1-15(2,3)13-9-10-14(16-11-13)12-7-5-4-6-8-12;/h10,12-19,23-24H,1-8H3;4-7,9-11H,1-3H3;/q2*-1;/b39-35-;;. The van der Waals surface area contributed by atoms with Gasteiger partial charge >= 0.3 is 0 Å². The van der Waals surface area contributed by atoms with E-state index in [-0.39, 0.29) is 53.5 Å². The number of benzene rings is 4. The maximum Gasteiger partial charge on any atom is 0.270 e. The quantitative estimate of drug-likeness (QED) is 0.129. The molecule has 0 saturated carbocycles. The second kappa shape index (κ2) is 18.3. The Morgan fingerprint density at radius 1 is 0.615 bits per heavy atom. The Balaban J connectivity index is 0.000000346. The van der Waals surface area contributed by atoms with Crippen molar-refractivity contribution in [2.24, 2.45) is 0 Å². The number of fused-ring (bicyclic) bond motifs is 4. The van der Waals surface area contributed by atoms with Crippen LogP contribution >= 0.6 is 0 Å². The molecule has 8 rings (SSSR count). The van der Waals surface area contributed by atoms with Gasteiger partial charge in [-0.25, -0.2) is 10.1 Å². The zero-order valence-electron chi connectivity index (χ0n) is 38.9. The summed E-state index contributed by atoms with van der Waals surface area (Å²) < 4.78 is 0. The maximum atomic E-state index is 10.3. The van der Waals surface area contributed by atoms with Crippen LogP contribution in [0.5, 0.6) is 0 Å². The van der Waals surface area contributed by atoms with E-state index in [0.717, 1.165) is 56.1 Å². The molecule has 0 amide bonds. The second-order valence-electron chi connectivity index (χ2n) is 19.6. The molecule has 7 nitrogen and oxygen atoms in total. The van der Waals surface area contributed by atoms with Crippen molar-refractivity contribution in [3.63, 3.8) is 0 Å². The van der Waals surface area contributed by atoms with Crippen molar-refractivity contribution >= 4 is 28.2 Å². The third-order valence-electron chi connectivity index (χ3n) is 11.8. The zero-order valence-corrected chi connectivity index (χ0v) is 41.3. The molecule has 6 aromatic rings. The zero-order chi connectivity index (χ0) is 46.3. The minimum absolute atomic E-state index is 0. The molecule has 0 atom stereocenters. The molecule has 4 aromatic carbocycles. The van der Waals surface area contributed by atoms with Gasteiger partial charge in [-0.15, -0.1) is 71.3 Å². The van der Waals surface area contributed by atoms with Crippen molar-refractivity contribution in [1.82, 2.24) is 9.97 Å². The molecule has 0 N–H and O–H groups in total. The normalized spacial score (nSPS) is 13.2. The van der Waals surface area contributed by atoms with Gasteiger partial charge in [0.25, 0.3) is 5.70 Å². The largest absolute Gasteiger partial charge is 0.309 e. The van der Waals surface area contributed by atoms with Crippen LogP contribution in [0.15, 0.2) is 115 Å². The van der Waals surface area contributed by atoms with Crippen LogP contribution in [0.2, 0.25) is 0 Å². The number of aromatic nitrogens is 2. The van der Waals surface area contributed by atoms with E-state index in [9.17, 15) is 15.8 Å². The topological polar surface area (TPSA) is 105 Å². The fraction of sp³-hybridized carbons (Fsp3) is 0.263. The van der Waals surface area contributed by atoms with Crippen LogP contribution in [0.1, 0.15) is 127 Å². The summed E-state index contributed by atoms with van der Waals surface area (Å²) >= 11 is 0. The summed E-state index contributed by atoms with van der Waals surface area (Å²) in [7, 11) is 0. The van der Waals surface area contributed by atoms with E-state index in [4.69, 9.17) is 11.6 Å². The van der Waals surface area contributed by atoms with Gasteiger partial charge in [0, 0.05) is 66.0 Å². The molecular formula is C57H51IrN7-2. The summed E-state index contributed by atoms with van der Waals surface area (Å²) in [5.74, 6) is 0.212. The molecule has 0 unspecified atom stereocenters. The number of allylic oxidation sites excluding steroid dienone is 2. The van der Waals surface area contributed by atoms with Crippen molar-refractivity contribution in [3.8, 4) is 40.7 Å². The van der Waals surface area contributed by atoms with E-state index in [2.05, 4.69) is 164 Å². The first kappa shape index (κ1) is 47.5. The molecule has 1 radical (unpaired) electrons. The van der Waals surface area contributed by atoms with Gasteiger partial charge in [0.15, 0.2) is 0 Å². The first-order valence-electron chi connectivity index (χ1n) is 21.5. The number of rotatable bonds is 3. The molecule has 325 valence electrons. The van der Waals surface area contributed by atoms with Crippen LogP contribution in [0, 0.1) is 52.7 Å². The van der Waals surface area contributed by atoms with Crippen molar-refractivity contribution in [2.45, 2.75) is 98.3 Å². The van der Waals surface area contributed by atoms with E-state index in [1.165, 1.54) is 5.56 Å². The third-order valence-corrected chi connectivity index (χ3v) is 11.8. The number of pyridine rings is 2. The Morgan fingerprint density at radius 3 is 1.82 bits per heavy atom. The van der Waals surface area contributed by atoms with Gasteiger partial charge in [-0.3, -0.25) is 0 Å². The fourth-order valence-electron chi connectivity index (χ4n) is 8.06. The van der Waals surface area contributed by atoms with Crippen LogP contribution < -0.4 is 4.90 Å². The number of hydrogen-bond donors (Lipinski definition) is 0. The first-order valence-corrected chi connectivity index (χ1v) is 21.5. The summed E-state index contributed by atoms with van der Waals surface area (Å²) in [5, 5.41) is 30.9. The molecule has 0 aliphatic carbocycles. The van der Waals surface area contributed by atoms with Crippen LogP contribution in [0.3, 0.4) is 0 Å². The van der Waals surface area contributed by atoms with Gasteiger partial charge in [0.2, 0.25) is 0 Å². The van der Waals surface area contributed by atoms with Gasteiger partial charge in [-0.1, -0.05) is 100 Å². The minimum Gasteiger partial charge on any atom is -0.309 e. The Morgan fingerprint density at radius 2 is 1.26 bits per heavy atom. The SMILES string of the molecule is CC(C)(C)c1ccc(-c2[c-]cccc2)nc1.[C-]#[N+]/C(C#N)=C1\c2cnc(-c3[c-]ccc(C(C)(C)C)c3)cc2N2c3ccc(C(C)C)cc3C(=C(C#N)C#N)c3cc(C(C)(C)C)cc1c32.[Ir]. The molecule has 0 saturated heterocycles. The molecule has 2 aliphatic heterocycles. The summed E-state index contributed by atoms with van der Waals surface area (Å²) in [4.78, 5) is 15.2. The molecule has 65 heavy (non-hydrogen) atoms. The summed E-state index contributed by atoms with van der Waals surface area (Å²) in [6, 6.07) is 43.6. The number of nitrogens with zero attached hydrogens (tertiary/aromatic N) is 7. The molecule has 0 spiro atoms. The predicted molar refractivity (Wildman–Crippen MR) is 257 cm³/mol. The molecule has 2 aromatic heterocycles. The van der Waals surface area contributed by atoms with Crippen LogP contribution in [-0.4, -0.2) is 9.97 Å². The average molecular weight is 1030 g/mol. The summed E-state index contributed by atoms with van der Waals surface area (Å²) in [5.41, 5.74) is 13.9. The second-order valence-corrected chi connectivity index (χ2v) is 19.6. The molecule has 0 bridgehead atoms. The van der Waals surface area contributed by atoms with Crippen molar-refractivity contribution in [3.05, 3.63) is 183 Å². The fourth-order valence-corrected chi connectivity index (χ4v) is 8.06. The van der Waals surface area contributed by atoms with E-state index in [1.807, 2.05) is 54.7 Å². The van der Waals surface area contributed by atoms with Gasteiger partial charge in [0.1, 0.15) is 17.7 Å². The number of anilines is 3. The number of nitriles is 3. The monoisotopic (exact) mass is 1030 g/mol. The van der Waals surface area contributed by atoms with E-state index < -0.39 is 0 Å². The van der Waals surface area contributed by atoms with E-state index >= 15 is 0 Å². The summed E-state index contributed by atoms with van der Waals surface area (Å²) in [6.07, 6.45) is 3.71. The first-order chi connectivity index (χ1) is 30.3. The maximum absolute atomic E-state index is 10.3. The van der Waals surface area contributed by atoms with E-state index in [0.29, 0.717) is 33.5 Å². The molecule has 4 heterocycles. The average Bonchev–Trinajstić information content (AvgIpc) is 3.27. The van der Waals surface area contributed by atoms with Gasteiger partial charge < -0.3 is 14.9 Å². The van der Waals surface area contributed by atoms with Crippen LogP contribution in [-0.2, 0) is 36.4 Å². The van der Waals surface area contributed by atoms with Crippen molar-refractivity contribution in [2.75, 3.05) is 4.90 Å². The van der Waals surface area contributed by atoms with Crippen LogP contribution in [0.4, 0.5) is 17.1 Å². The minimum atomic E-state index is -0.326. The molecule has 0 fully saturated rings. The molecule has 2 aliphatic rings. The Kier molecular flexibility index (Phi) is 13.4. The third kappa shape index (κ3) is 9.21. The molecular weight excluding hydrogens is 975 g/mol. The predicted octanol–water partition coefficient (Wildman–Crippen LogP) is 14.3. The Labute approximate surface area is 398 Å². The number of hydrogen-bond acceptors (Lipinski definition) is 6. The molecule has 8 heteroatoms. The Hall–Kier alpha value is -6.93. The van der Waals surface area contributed by atoms with Crippen molar-refractivity contribution < 1.29 is 20.1 Å². The smallest absolute Gasteiger partial charge is 0.270 e. The van der Waals surface area contributed by atoms with Gasteiger partial charge in [-0.2, -0.15) is 10.5 Å². The summed E-state index contributed by atoms with van der Waals surface area (Å²) in [6.45, 7) is 31.6. The van der Waals surface area contributed by atoms with Gasteiger partial charge in [0.05, 0.1) is 24.0 Å². The van der Waals surface area contributed by atoms with Crippen LogP contribution in [0.25, 0.3) is 38.5 Å². The van der Waals surface area contributed by atoms with Crippen molar-refractivity contribution in [1.29, 1.82) is 15.8 Å².